The summed E-state index contributed by atoms with van der Waals surface area (Å²) in [7, 11) is 0. The highest BCUT2D eigenvalue weighted by atomic mass is 14.1. The Hall–Kier alpha value is -0.780. The molecule has 0 atom stereocenters. The molecule has 72 valence electrons. The van der Waals surface area contributed by atoms with E-state index in [1.807, 2.05) is 6.08 Å². The third-order valence-corrected chi connectivity index (χ3v) is 2.57. The monoisotopic (exact) mass is 176 g/mol. The molecule has 1 saturated carbocycles. The highest BCUT2D eigenvalue weighted by molar-refractivity contribution is 5.33. The van der Waals surface area contributed by atoms with Crippen LogP contribution in [0, 0.1) is 0 Å². The van der Waals surface area contributed by atoms with Crippen molar-refractivity contribution in [3.8, 4) is 0 Å². The summed E-state index contributed by atoms with van der Waals surface area (Å²) in [5.74, 6) is 0. The van der Waals surface area contributed by atoms with Crippen LogP contribution in [0.1, 0.15) is 45.4 Å². The normalized spacial score (nSPS) is 24.7. The topological polar surface area (TPSA) is 0 Å². The Bertz CT molecular complexity index is 218. The molecule has 0 heterocycles. The van der Waals surface area contributed by atoms with Crippen LogP contribution in [0.4, 0.5) is 0 Å². The Morgan fingerprint density at radius 3 is 2.46 bits per heavy atom. The minimum absolute atomic E-state index is 1.16. The maximum atomic E-state index is 3.78. The van der Waals surface area contributed by atoms with E-state index in [4.69, 9.17) is 0 Å². The Kier molecular flexibility index (Phi) is 4.59. The minimum Gasteiger partial charge on any atom is -0.0991 e. The summed E-state index contributed by atoms with van der Waals surface area (Å²) in [6, 6.07) is 0. The molecule has 0 spiro atoms. The highest BCUT2D eigenvalue weighted by Gasteiger charge is 2.08. The second-order valence-electron chi connectivity index (χ2n) is 3.63. The summed E-state index contributed by atoms with van der Waals surface area (Å²) in [5, 5.41) is 0. The summed E-state index contributed by atoms with van der Waals surface area (Å²) < 4.78 is 0. The summed E-state index contributed by atoms with van der Waals surface area (Å²) in [4.78, 5) is 0. The van der Waals surface area contributed by atoms with Crippen LogP contribution in [0.15, 0.2) is 36.0 Å². The van der Waals surface area contributed by atoms with E-state index in [1.54, 1.807) is 5.57 Å². The molecule has 1 aliphatic rings. The summed E-state index contributed by atoms with van der Waals surface area (Å²) in [6.07, 6.45) is 14.3. The average Bonchev–Trinajstić information content (AvgIpc) is 2.33. The van der Waals surface area contributed by atoms with E-state index in [-0.39, 0.29) is 0 Å². The van der Waals surface area contributed by atoms with E-state index in [2.05, 4.69) is 25.7 Å². The first-order chi connectivity index (χ1) is 6.38. The third kappa shape index (κ3) is 3.22. The smallest absolute Gasteiger partial charge is 0.0276 e. The molecule has 0 bridgehead atoms. The van der Waals surface area contributed by atoms with Crippen LogP contribution in [-0.2, 0) is 0 Å². The largest absolute Gasteiger partial charge is 0.0991 e. The molecule has 0 nitrogen and oxygen atoms in total. The van der Waals surface area contributed by atoms with Crippen molar-refractivity contribution < 1.29 is 0 Å². The molecule has 0 aromatic heterocycles. The lowest BCUT2D eigenvalue weighted by molar-refractivity contribution is 0.719. The van der Waals surface area contributed by atoms with E-state index < -0.39 is 0 Å². The van der Waals surface area contributed by atoms with Crippen molar-refractivity contribution >= 4 is 0 Å². The number of rotatable bonds is 2. The van der Waals surface area contributed by atoms with Crippen LogP contribution in [0.25, 0.3) is 0 Å². The van der Waals surface area contributed by atoms with Gasteiger partial charge < -0.3 is 0 Å². The number of hydrogen-bond acceptors (Lipinski definition) is 0. The predicted molar refractivity (Wildman–Crippen MR) is 59.7 cm³/mol. The van der Waals surface area contributed by atoms with Crippen molar-refractivity contribution in [3.05, 3.63) is 36.0 Å². The van der Waals surface area contributed by atoms with E-state index >= 15 is 0 Å². The lowest BCUT2D eigenvalue weighted by atomic mass is 10.00. The number of allylic oxidation sites excluding steroid dienone is 5. The molecular formula is C13H20. The second-order valence-corrected chi connectivity index (χ2v) is 3.63. The van der Waals surface area contributed by atoms with E-state index in [0.29, 0.717) is 0 Å². The Morgan fingerprint density at radius 1 is 1.15 bits per heavy atom. The third-order valence-electron chi connectivity index (χ3n) is 2.57. The van der Waals surface area contributed by atoms with E-state index in [0.717, 1.165) is 6.42 Å². The van der Waals surface area contributed by atoms with Crippen molar-refractivity contribution in [1.29, 1.82) is 0 Å². The summed E-state index contributed by atoms with van der Waals surface area (Å²) >= 11 is 0. The van der Waals surface area contributed by atoms with Gasteiger partial charge >= 0.3 is 0 Å². The van der Waals surface area contributed by atoms with Gasteiger partial charge in [0.25, 0.3) is 0 Å². The van der Waals surface area contributed by atoms with Crippen LogP contribution < -0.4 is 0 Å². The SMILES string of the molecule is C=C/C=C1/CCCCC/C1=C/CC. The molecule has 0 unspecified atom stereocenters. The van der Waals surface area contributed by atoms with Gasteiger partial charge in [-0.15, -0.1) is 0 Å². The van der Waals surface area contributed by atoms with Crippen molar-refractivity contribution in [1.82, 2.24) is 0 Å². The molecular weight excluding hydrogens is 156 g/mol. The van der Waals surface area contributed by atoms with Gasteiger partial charge in [0, 0.05) is 0 Å². The average molecular weight is 176 g/mol. The fraction of sp³-hybridized carbons (Fsp3) is 0.538. The molecule has 1 rings (SSSR count). The first kappa shape index (κ1) is 10.3. The van der Waals surface area contributed by atoms with E-state index in [9.17, 15) is 0 Å². The van der Waals surface area contributed by atoms with Gasteiger partial charge in [-0.05, 0) is 43.3 Å². The van der Waals surface area contributed by atoms with Gasteiger partial charge in [-0.3, -0.25) is 0 Å². The molecule has 0 aliphatic heterocycles. The molecule has 0 N–H and O–H groups in total. The molecule has 13 heavy (non-hydrogen) atoms. The number of hydrogen-bond donors (Lipinski definition) is 0. The molecule has 0 heteroatoms. The zero-order valence-electron chi connectivity index (χ0n) is 8.68. The fourth-order valence-corrected chi connectivity index (χ4v) is 1.94. The maximum absolute atomic E-state index is 3.78. The molecule has 0 amide bonds. The minimum atomic E-state index is 1.16. The zero-order chi connectivity index (χ0) is 9.52. The van der Waals surface area contributed by atoms with E-state index in [1.165, 1.54) is 37.7 Å². The van der Waals surface area contributed by atoms with Crippen LogP contribution in [0.3, 0.4) is 0 Å². The van der Waals surface area contributed by atoms with Crippen molar-refractivity contribution in [2.24, 2.45) is 0 Å². The lowest BCUT2D eigenvalue weighted by Gasteiger charge is -2.06. The van der Waals surface area contributed by atoms with Gasteiger partial charge in [-0.1, -0.05) is 38.2 Å². The van der Waals surface area contributed by atoms with Gasteiger partial charge in [0.15, 0.2) is 0 Å². The van der Waals surface area contributed by atoms with Gasteiger partial charge in [0.1, 0.15) is 0 Å². The summed E-state index contributed by atoms with van der Waals surface area (Å²) in [6.45, 7) is 5.99. The Morgan fingerprint density at radius 2 is 1.85 bits per heavy atom. The summed E-state index contributed by atoms with van der Waals surface area (Å²) in [5.41, 5.74) is 3.09. The van der Waals surface area contributed by atoms with Gasteiger partial charge in [0.2, 0.25) is 0 Å². The van der Waals surface area contributed by atoms with Crippen LogP contribution in [0.5, 0.6) is 0 Å². The van der Waals surface area contributed by atoms with Crippen molar-refractivity contribution in [2.75, 3.05) is 0 Å². The first-order valence-electron chi connectivity index (χ1n) is 5.39. The van der Waals surface area contributed by atoms with Crippen LogP contribution in [0.2, 0.25) is 0 Å². The van der Waals surface area contributed by atoms with Crippen molar-refractivity contribution in [2.45, 2.75) is 45.4 Å². The Labute approximate surface area is 82.0 Å². The van der Waals surface area contributed by atoms with Gasteiger partial charge in [-0.2, -0.15) is 0 Å². The predicted octanol–water partition coefficient (Wildman–Crippen LogP) is 4.40. The molecule has 0 aromatic rings. The highest BCUT2D eigenvalue weighted by Crippen LogP contribution is 2.27. The standard InChI is InChI=1S/C13H20/c1-3-8-12-10-6-5-7-11-13(12)9-4-2/h3,8-9H,1,4-7,10-11H2,2H3/b12-8-,13-9-. The lowest BCUT2D eigenvalue weighted by Crippen LogP contribution is -1.86. The van der Waals surface area contributed by atoms with Crippen LogP contribution >= 0.6 is 0 Å². The fourth-order valence-electron chi connectivity index (χ4n) is 1.94. The molecule has 0 aromatic carbocycles. The maximum Gasteiger partial charge on any atom is -0.0276 e. The Balaban J connectivity index is 2.78. The van der Waals surface area contributed by atoms with Crippen molar-refractivity contribution in [3.63, 3.8) is 0 Å². The molecule has 1 aliphatic carbocycles. The first-order valence-corrected chi connectivity index (χ1v) is 5.39. The van der Waals surface area contributed by atoms with Gasteiger partial charge in [0.05, 0.1) is 0 Å². The zero-order valence-corrected chi connectivity index (χ0v) is 8.68. The van der Waals surface area contributed by atoms with Gasteiger partial charge in [-0.25, -0.2) is 0 Å². The molecule has 0 radical (unpaired) electrons. The van der Waals surface area contributed by atoms with Crippen LogP contribution in [-0.4, -0.2) is 0 Å². The second kappa shape index (κ2) is 5.80. The molecule has 1 fully saturated rings. The quantitative estimate of drug-likeness (QED) is 0.547. The molecule has 0 saturated heterocycles.